The third-order valence-electron chi connectivity index (χ3n) is 1.75. The largest absolute Gasteiger partial charge is 0.481 e. The molecule has 0 aliphatic heterocycles. The van der Waals surface area contributed by atoms with Gasteiger partial charge in [-0.25, -0.2) is 0 Å². The van der Waals surface area contributed by atoms with E-state index in [0.717, 1.165) is 11.8 Å². The molecular formula is C9H7N3O4S. The number of hydrogen-bond acceptors (Lipinski definition) is 6. The van der Waals surface area contributed by atoms with Crippen molar-refractivity contribution in [2.24, 2.45) is 0 Å². The monoisotopic (exact) mass is 253 g/mol. The number of nitrogens with one attached hydrogen (secondary N) is 1. The molecule has 88 valence electrons. The highest BCUT2D eigenvalue weighted by atomic mass is 32.2. The maximum atomic E-state index is 11.1. The van der Waals surface area contributed by atoms with Crippen LogP contribution in [0.25, 0.3) is 11.5 Å². The van der Waals surface area contributed by atoms with Gasteiger partial charge >= 0.3 is 5.97 Å². The summed E-state index contributed by atoms with van der Waals surface area (Å²) in [6.45, 7) is 0. The molecule has 0 bridgehead atoms. The van der Waals surface area contributed by atoms with Crippen LogP contribution in [0.5, 0.6) is 0 Å². The molecule has 0 aliphatic rings. The molecule has 0 radical (unpaired) electrons. The van der Waals surface area contributed by atoms with Gasteiger partial charge in [-0.3, -0.25) is 9.59 Å². The molecule has 2 aromatic rings. The second-order valence-corrected chi connectivity index (χ2v) is 3.92. The van der Waals surface area contributed by atoms with E-state index in [0.29, 0.717) is 5.56 Å². The van der Waals surface area contributed by atoms with E-state index in [2.05, 4.69) is 15.2 Å². The second kappa shape index (κ2) is 4.83. The lowest BCUT2D eigenvalue weighted by atomic mass is 10.3. The summed E-state index contributed by atoms with van der Waals surface area (Å²) in [5, 5.41) is 16.0. The molecule has 17 heavy (non-hydrogen) atoms. The predicted molar refractivity (Wildman–Crippen MR) is 58.7 cm³/mol. The van der Waals surface area contributed by atoms with Gasteiger partial charge < -0.3 is 14.5 Å². The lowest BCUT2D eigenvalue weighted by Crippen LogP contribution is -2.01. The van der Waals surface area contributed by atoms with Crippen LogP contribution in [0.2, 0.25) is 0 Å². The molecule has 2 N–H and O–H groups in total. The summed E-state index contributed by atoms with van der Waals surface area (Å²) in [4.78, 5) is 23.9. The Bertz CT molecular complexity index is 592. The summed E-state index contributed by atoms with van der Waals surface area (Å²) in [5.74, 6) is -0.938. The summed E-state index contributed by atoms with van der Waals surface area (Å²) in [6.07, 6.45) is 1.46. The van der Waals surface area contributed by atoms with Gasteiger partial charge in [-0.15, -0.1) is 10.2 Å². The first-order valence-electron chi connectivity index (χ1n) is 4.52. The third-order valence-corrected chi connectivity index (χ3v) is 2.55. The Hall–Kier alpha value is -2.09. The Balaban J connectivity index is 2.18. The number of carbonyl (C=O) groups is 1. The van der Waals surface area contributed by atoms with Gasteiger partial charge in [-0.2, -0.15) is 0 Å². The normalized spacial score (nSPS) is 10.4. The number of aromatic amines is 1. The van der Waals surface area contributed by atoms with E-state index in [-0.39, 0.29) is 22.4 Å². The van der Waals surface area contributed by atoms with Crippen LogP contribution in [0.4, 0.5) is 0 Å². The Kier molecular flexibility index (Phi) is 3.24. The molecule has 0 atom stereocenters. The van der Waals surface area contributed by atoms with Crippen LogP contribution in [0.1, 0.15) is 0 Å². The van der Waals surface area contributed by atoms with Gasteiger partial charge in [-0.05, 0) is 6.07 Å². The fraction of sp³-hybridized carbons (Fsp3) is 0.111. The van der Waals surface area contributed by atoms with Crippen molar-refractivity contribution in [2.75, 3.05) is 5.75 Å². The minimum atomic E-state index is -0.967. The van der Waals surface area contributed by atoms with Gasteiger partial charge in [0.1, 0.15) is 5.75 Å². The van der Waals surface area contributed by atoms with Crippen molar-refractivity contribution in [3.63, 3.8) is 0 Å². The van der Waals surface area contributed by atoms with Gasteiger partial charge in [0, 0.05) is 17.8 Å². The van der Waals surface area contributed by atoms with Crippen molar-refractivity contribution in [1.82, 2.24) is 15.2 Å². The first kappa shape index (κ1) is 11.4. The number of hydrogen-bond donors (Lipinski definition) is 2. The fourth-order valence-corrected chi connectivity index (χ4v) is 1.57. The molecule has 0 amide bonds. The molecule has 0 aromatic carbocycles. The van der Waals surface area contributed by atoms with Crippen LogP contribution in [-0.2, 0) is 4.79 Å². The molecule has 0 saturated heterocycles. The Labute approximate surface area is 98.9 Å². The van der Waals surface area contributed by atoms with Crippen LogP contribution in [0, 0.1) is 0 Å². The van der Waals surface area contributed by atoms with Crippen LogP contribution in [-0.4, -0.2) is 32.0 Å². The van der Waals surface area contributed by atoms with Crippen molar-refractivity contribution in [3.8, 4) is 11.5 Å². The van der Waals surface area contributed by atoms with E-state index in [1.807, 2.05) is 0 Å². The topological polar surface area (TPSA) is 109 Å². The fourth-order valence-electron chi connectivity index (χ4n) is 1.09. The first-order chi connectivity index (χ1) is 8.15. The zero-order valence-electron chi connectivity index (χ0n) is 8.41. The summed E-state index contributed by atoms with van der Waals surface area (Å²) in [7, 11) is 0. The standard InChI is InChI=1S/C9H7N3O4S/c13-6-3-5(1-2-10-6)8-11-12-9(16-8)17-4-7(14)15/h1-3H,4H2,(H,10,13)(H,14,15). The molecule has 2 rings (SSSR count). The van der Waals surface area contributed by atoms with E-state index >= 15 is 0 Å². The lowest BCUT2D eigenvalue weighted by molar-refractivity contribution is -0.133. The first-order valence-corrected chi connectivity index (χ1v) is 5.51. The Morgan fingerprint density at radius 3 is 3.06 bits per heavy atom. The maximum absolute atomic E-state index is 11.1. The predicted octanol–water partition coefficient (Wildman–Crippen LogP) is 0.602. The highest BCUT2D eigenvalue weighted by molar-refractivity contribution is 7.99. The molecule has 7 nitrogen and oxygen atoms in total. The highest BCUT2D eigenvalue weighted by Gasteiger charge is 2.10. The van der Waals surface area contributed by atoms with Crippen LogP contribution in [0.15, 0.2) is 32.8 Å². The number of aromatic nitrogens is 3. The Morgan fingerprint density at radius 2 is 2.35 bits per heavy atom. The molecule has 8 heteroatoms. The number of carboxylic acids is 1. The van der Waals surface area contributed by atoms with Gasteiger partial charge in [0.25, 0.3) is 5.22 Å². The average Bonchev–Trinajstić information content (AvgIpc) is 2.75. The van der Waals surface area contributed by atoms with Crippen molar-refractivity contribution in [2.45, 2.75) is 5.22 Å². The zero-order chi connectivity index (χ0) is 12.3. The number of H-pyrrole nitrogens is 1. The van der Waals surface area contributed by atoms with E-state index < -0.39 is 5.97 Å². The molecule has 0 unspecified atom stereocenters. The molecule has 0 aliphatic carbocycles. The van der Waals surface area contributed by atoms with E-state index in [1.54, 1.807) is 6.07 Å². The average molecular weight is 253 g/mol. The molecule has 0 fully saturated rings. The smallest absolute Gasteiger partial charge is 0.314 e. The lowest BCUT2D eigenvalue weighted by Gasteiger charge is -1.92. The van der Waals surface area contributed by atoms with E-state index in [1.165, 1.54) is 12.3 Å². The minimum Gasteiger partial charge on any atom is -0.481 e. The quantitative estimate of drug-likeness (QED) is 0.768. The van der Waals surface area contributed by atoms with Crippen molar-refractivity contribution in [3.05, 3.63) is 28.7 Å². The maximum Gasteiger partial charge on any atom is 0.314 e. The third kappa shape index (κ3) is 2.94. The number of pyridine rings is 1. The van der Waals surface area contributed by atoms with Gasteiger partial charge in [0.15, 0.2) is 0 Å². The zero-order valence-corrected chi connectivity index (χ0v) is 9.23. The summed E-state index contributed by atoms with van der Waals surface area (Å²) >= 11 is 0.922. The van der Waals surface area contributed by atoms with E-state index in [9.17, 15) is 9.59 Å². The number of rotatable bonds is 4. The van der Waals surface area contributed by atoms with Gasteiger partial charge in [-0.1, -0.05) is 11.8 Å². The highest BCUT2D eigenvalue weighted by Crippen LogP contribution is 2.21. The summed E-state index contributed by atoms with van der Waals surface area (Å²) in [6, 6.07) is 2.93. The van der Waals surface area contributed by atoms with Crippen LogP contribution in [0.3, 0.4) is 0 Å². The number of nitrogens with zero attached hydrogens (tertiary/aromatic N) is 2. The van der Waals surface area contributed by atoms with Crippen molar-refractivity contribution < 1.29 is 14.3 Å². The molecule has 0 saturated carbocycles. The molecular weight excluding hydrogens is 246 g/mol. The van der Waals surface area contributed by atoms with E-state index in [4.69, 9.17) is 9.52 Å². The van der Waals surface area contributed by atoms with Gasteiger partial charge in [0.05, 0.1) is 0 Å². The van der Waals surface area contributed by atoms with Crippen molar-refractivity contribution >= 4 is 17.7 Å². The Morgan fingerprint density at radius 1 is 1.53 bits per heavy atom. The van der Waals surface area contributed by atoms with Gasteiger partial charge in [0.2, 0.25) is 11.4 Å². The number of thioether (sulfide) groups is 1. The van der Waals surface area contributed by atoms with Crippen molar-refractivity contribution in [1.29, 1.82) is 0 Å². The number of carboxylic acid groups (broad SMARTS) is 1. The summed E-state index contributed by atoms with van der Waals surface area (Å²) in [5.41, 5.74) is 0.212. The number of aliphatic carboxylic acids is 1. The van der Waals surface area contributed by atoms with Crippen LogP contribution >= 0.6 is 11.8 Å². The second-order valence-electron chi connectivity index (χ2n) is 3.00. The molecule has 0 spiro atoms. The molecule has 2 heterocycles. The summed E-state index contributed by atoms with van der Waals surface area (Å²) < 4.78 is 5.20. The molecule has 2 aromatic heterocycles. The SMILES string of the molecule is O=C(O)CSc1nnc(-c2cc[nH]c(=O)c2)o1. The van der Waals surface area contributed by atoms with Crippen LogP contribution < -0.4 is 5.56 Å². The minimum absolute atomic E-state index is 0.155.